The molecule has 0 radical (unpaired) electrons. The zero-order valence-electron chi connectivity index (χ0n) is 11.0. The highest BCUT2D eigenvalue weighted by atomic mass is 32.2. The monoisotopic (exact) mass is 266 g/mol. The van der Waals surface area contributed by atoms with E-state index in [0.29, 0.717) is 0 Å². The Hall–Kier alpha value is -0.670. The minimum atomic E-state index is -0.166. The molecule has 0 amide bonds. The molecule has 1 fully saturated rings. The SMILES string of the molecule is COc1ccc(SCC(O)CC2CCCC2)cc1. The average Bonchev–Trinajstić information content (AvgIpc) is 2.90. The Labute approximate surface area is 114 Å². The molecular formula is C15H22O2S. The van der Waals surface area contributed by atoms with Gasteiger partial charge in [0.15, 0.2) is 0 Å². The van der Waals surface area contributed by atoms with Gasteiger partial charge in [0.05, 0.1) is 13.2 Å². The van der Waals surface area contributed by atoms with Crippen LogP contribution in [0.15, 0.2) is 29.2 Å². The van der Waals surface area contributed by atoms with Crippen LogP contribution in [-0.4, -0.2) is 24.1 Å². The average molecular weight is 266 g/mol. The predicted molar refractivity (Wildman–Crippen MR) is 76.3 cm³/mol. The molecule has 1 saturated carbocycles. The summed E-state index contributed by atoms with van der Waals surface area (Å²) >= 11 is 1.73. The Morgan fingerprint density at radius 2 is 1.94 bits per heavy atom. The summed E-state index contributed by atoms with van der Waals surface area (Å²) in [6.07, 6.45) is 6.13. The molecule has 1 N–H and O–H groups in total. The molecule has 2 rings (SSSR count). The first-order chi connectivity index (χ1) is 8.78. The van der Waals surface area contributed by atoms with E-state index in [4.69, 9.17) is 4.74 Å². The fourth-order valence-electron chi connectivity index (χ4n) is 2.56. The van der Waals surface area contributed by atoms with Gasteiger partial charge < -0.3 is 9.84 Å². The van der Waals surface area contributed by atoms with Crippen LogP contribution < -0.4 is 4.74 Å². The van der Waals surface area contributed by atoms with Crippen LogP contribution in [0.5, 0.6) is 5.75 Å². The van der Waals surface area contributed by atoms with Gasteiger partial charge in [-0.15, -0.1) is 11.8 Å². The topological polar surface area (TPSA) is 29.5 Å². The van der Waals surface area contributed by atoms with Crippen molar-refractivity contribution in [2.24, 2.45) is 5.92 Å². The number of aliphatic hydroxyl groups excluding tert-OH is 1. The van der Waals surface area contributed by atoms with Crippen molar-refractivity contribution in [3.63, 3.8) is 0 Å². The number of thioether (sulfide) groups is 1. The second-order valence-corrected chi connectivity index (χ2v) is 6.12. The van der Waals surface area contributed by atoms with Crippen molar-refractivity contribution in [1.29, 1.82) is 0 Å². The van der Waals surface area contributed by atoms with Gasteiger partial charge in [0.2, 0.25) is 0 Å². The van der Waals surface area contributed by atoms with Crippen LogP contribution in [0.4, 0.5) is 0 Å². The summed E-state index contributed by atoms with van der Waals surface area (Å²) in [5.74, 6) is 2.44. The summed E-state index contributed by atoms with van der Waals surface area (Å²) in [5.41, 5.74) is 0. The van der Waals surface area contributed by atoms with E-state index < -0.39 is 0 Å². The maximum atomic E-state index is 10.0. The number of methoxy groups -OCH3 is 1. The highest BCUT2D eigenvalue weighted by Gasteiger charge is 2.18. The molecule has 1 unspecified atom stereocenters. The molecule has 0 bridgehead atoms. The lowest BCUT2D eigenvalue weighted by Gasteiger charge is -2.14. The summed E-state index contributed by atoms with van der Waals surface area (Å²) in [6, 6.07) is 8.02. The van der Waals surface area contributed by atoms with E-state index in [-0.39, 0.29) is 6.10 Å². The van der Waals surface area contributed by atoms with Crippen LogP contribution in [0.25, 0.3) is 0 Å². The van der Waals surface area contributed by atoms with Crippen LogP contribution in [-0.2, 0) is 0 Å². The van der Waals surface area contributed by atoms with Gasteiger partial charge in [-0.1, -0.05) is 25.7 Å². The van der Waals surface area contributed by atoms with Gasteiger partial charge in [0.1, 0.15) is 5.75 Å². The molecule has 0 saturated heterocycles. The van der Waals surface area contributed by atoms with Gasteiger partial charge in [-0.05, 0) is 36.6 Å². The third-order valence-corrected chi connectivity index (χ3v) is 4.74. The number of aliphatic hydroxyl groups is 1. The molecule has 1 aromatic rings. The Bertz CT molecular complexity index is 344. The lowest BCUT2D eigenvalue weighted by atomic mass is 10.0. The second-order valence-electron chi connectivity index (χ2n) is 5.03. The molecule has 2 nitrogen and oxygen atoms in total. The zero-order valence-corrected chi connectivity index (χ0v) is 11.8. The maximum absolute atomic E-state index is 10.0. The van der Waals surface area contributed by atoms with Crippen LogP contribution in [0.3, 0.4) is 0 Å². The van der Waals surface area contributed by atoms with Gasteiger partial charge in [-0.2, -0.15) is 0 Å². The predicted octanol–water partition coefficient (Wildman–Crippen LogP) is 3.73. The summed E-state index contributed by atoms with van der Waals surface area (Å²) in [7, 11) is 1.67. The number of hydrogen-bond acceptors (Lipinski definition) is 3. The molecule has 1 aromatic carbocycles. The molecule has 0 heterocycles. The largest absolute Gasteiger partial charge is 0.497 e. The lowest BCUT2D eigenvalue weighted by Crippen LogP contribution is -2.14. The summed E-state index contributed by atoms with van der Waals surface area (Å²) in [5, 5.41) is 10.0. The first-order valence-electron chi connectivity index (χ1n) is 6.73. The normalized spacial score (nSPS) is 17.9. The zero-order chi connectivity index (χ0) is 12.8. The first kappa shape index (κ1) is 13.8. The van der Waals surface area contributed by atoms with Gasteiger partial charge in [0, 0.05) is 10.6 Å². The third kappa shape index (κ3) is 4.21. The van der Waals surface area contributed by atoms with Crippen molar-refractivity contribution in [3.8, 4) is 5.75 Å². The summed E-state index contributed by atoms with van der Waals surface area (Å²) in [4.78, 5) is 1.20. The van der Waals surface area contributed by atoms with Crippen molar-refractivity contribution in [1.82, 2.24) is 0 Å². The number of ether oxygens (including phenoxy) is 1. The molecule has 1 aliphatic carbocycles. The van der Waals surface area contributed by atoms with Crippen LogP contribution in [0.2, 0.25) is 0 Å². The quantitative estimate of drug-likeness (QED) is 0.796. The Kier molecular flexibility index (Phi) is 5.39. The highest BCUT2D eigenvalue weighted by molar-refractivity contribution is 7.99. The molecule has 0 spiro atoms. The highest BCUT2D eigenvalue weighted by Crippen LogP contribution is 2.30. The van der Waals surface area contributed by atoms with E-state index in [1.807, 2.05) is 24.3 Å². The van der Waals surface area contributed by atoms with Crippen molar-refractivity contribution in [2.45, 2.75) is 43.1 Å². The van der Waals surface area contributed by atoms with Crippen LogP contribution >= 0.6 is 11.8 Å². The molecule has 3 heteroatoms. The Balaban J connectivity index is 1.72. The minimum Gasteiger partial charge on any atom is -0.497 e. The van der Waals surface area contributed by atoms with Crippen molar-refractivity contribution in [3.05, 3.63) is 24.3 Å². The third-order valence-electron chi connectivity index (χ3n) is 3.58. The lowest BCUT2D eigenvalue weighted by molar-refractivity contribution is 0.166. The smallest absolute Gasteiger partial charge is 0.118 e. The van der Waals surface area contributed by atoms with Gasteiger partial charge in [-0.25, -0.2) is 0 Å². The van der Waals surface area contributed by atoms with Gasteiger partial charge in [-0.3, -0.25) is 0 Å². The van der Waals surface area contributed by atoms with E-state index >= 15 is 0 Å². The maximum Gasteiger partial charge on any atom is 0.118 e. The fraction of sp³-hybridized carbons (Fsp3) is 0.600. The minimum absolute atomic E-state index is 0.166. The van der Waals surface area contributed by atoms with E-state index in [9.17, 15) is 5.11 Å². The molecule has 18 heavy (non-hydrogen) atoms. The van der Waals surface area contributed by atoms with E-state index in [2.05, 4.69) is 0 Å². The standard InChI is InChI=1S/C15H22O2S/c1-17-14-6-8-15(9-7-14)18-11-13(16)10-12-4-2-3-5-12/h6-9,12-13,16H,2-5,10-11H2,1H3. The van der Waals surface area contributed by atoms with E-state index in [0.717, 1.165) is 23.8 Å². The molecule has 100 valence electrons. The van der Waals surface area contributed by atoms with E-state index in [1.165, 1.54) is 30.6 Å². The number of rotatable bonds is 6. The molecule has 1 atom stereocenters. The molecular weight excluding hydrogens is 244 g/mol. The van der Waals surface area contributed by atoms with Crippen LogP contribution in [0.1, 0.15) is 32.1 Å². The van der Waals surface area contributed by atoms with Crippen molar-refractivity contribution in [2.75, 3.05) is 12.9 Å². The van der Waals surface area contributed by atoms with Crippen molar-refractivity contribution < 1.29 is 9.84 Å². The van der Waals surface area contributed by atoms with Gasteiger partial charge in [0.25, 0.3) is 0 Å². The Morgan fingerprint density at radius 3 is 2.56 bits per heavy atom. The summed E-state index contributed by atoms with van der Waals surface area (Å²) in [6.45, 7) is 0. The second kappa shape index (κ2) is 7.05. The Morgan fingerprint density at radius 1 is 1.28 bits per heavy atom. The molecule has 0 aromatic heterocycles. The molecule has 1 aliphatic rings. The number of benzene rings is 1. The molecule has 0 aliphatic heterocycles. The number of hydrogen-bond donors (Lipinski definition) is 1. The van der Waals surface area contributed by atoms with Crippen molar-refractivity contribution >= 4 is 11.8 Å². The first-order valence-corrected chi connectivity index (χ1v) is 7.71. The summed E-state index contributed by atoms with van der Waals surface area (Å²) < 4.78 is 5.12. The van der Waals surface area contributed by atoms with Crippen LogP contribution in [0, 0.1) is 5.92 Å². The van der Waals surface area contributed by atoms with Gasteiger partial charge >= 0.3 is 0 Å². The fourth-order valence-corrected chi connectivity index (χ4v) is 3.41. The van der Waals surface area contributed by atoms with E-state index in [1.54, 1.807) is 18.9 Å².